The Morgan fingerprint density at radius 2 is 1.66 bits per heavy atom. The second kappa shape index (κ2) is 7.92. The van der Waals surface area contributed by atoms with Crippen LogP contribution >= 0.6 is 0 Å². The monoisotopic (exact) mass is 376 g/mol. The number of nitrogens with one attached hydrogen (secondary N) is 1. The predicted molar refractivity (Wildman–Crippen MR) is 123 cm³/mol. The molecule has 0 saturated heterocycles. The summed E-state index contributed by atoms with van der Waals surface area (Å²) in [6.45, 7) is 0. The van der Waals surface area contributed by atoms with Crippen molar-refractivity contribution >= 4 is 30.3 Å². The van der Waals surface area contributed by atoms with E-state index >= 15 is 0 Å². The highest BCUT2D eigenvalue weighted by Gasteiger charge is 2.10. The van der Waals surface area contributed by atoms with Gasteiger partial charge < -0.3 is 5.32 Å². The number of rotatable bonds is 0. The summed E-state index contributed by atoms with van der Waals surface area (Å²) in [5.41, 5.74) is 5.45. The normalized spacial score (nSPS) is 14.9. The second-order valence-electron chi connectivity index (χ2n) is 7.58. The van der Waals surface area contributed by atoms with Crippen LogP contribution in [0.3, 0.4) is 0 Å². The summed E-state index contributed by atoms with van der Waals surface area (Å²) in [4.78, 5) is 3.97. The Bertz CT molecular complexity index is 1330. The molecular formula is C27H24N2. The van der Waals surface area contributed by atoms with E-state index in [0.717, 1.165) is 12.1 Å². The SMILES string of the molecule is C1=Cc2ccccc2NC=N1.C1=c2ccc3c(c2CCC1)CC=c1ccccc1=3. The lowest BCUT2D eigenvalue weighted by molar-refractivity contribution is 0.824. The van der Waals surface area contributed by atoms with Gasteiger partial charge in [-0.1, -0.05) is 66.7 Å². The Kier molecular flexibility index (Phi) is 4.83. The van der Waals surface area contributed by atoms with E-state index in [1.54, 1.807) is 23.7 Å². The first-order valence-corrected chi connectivity index (χ1v) is 10.3. The minimum atomic E-state index is 1.10. The molecule has 1 heterocycles. The van der Waals surface area contributed by atoms with Crippen LogP contribution in [0, 0.1) is 10.4 Å². The molecule has 0 aromatic heterocycles. The van der Waals surface area contributed by atoms with Crippen molar-refractivity contribution < 1.29 is 0 Å². The maximum absolute atomic E-state index is 3.97. The van der Waals surface area contributed by atoms with Crippen molar-refractivity contribution in [2.45, 2.75) is 25.7 Å². The molecule has 0 saturated carbocycles. The lowest BCUT2D eigenvalue weighted by Gasteiger charge is -2.16. The van der Waals surface area contributed by atoms with E-state index in [9.17, 15) is 0 Å². The Morgan fingerprint density at radius 1 is 0.759 bits per heavy atom. The van der Waals surface area contributed by atoms with Gasteiger partial charge in [0.15, 0.2) is 0 Å². The van der Waals surface area contributed by atoms with Crippen molar-refractivity contribution in [3.63, 3.8) is 0 Å². The lowest BCUT2D eigenvalue weighted by atomic mass is 9.89. The Labute approximate surface area is 171 Å². The molecule has 1 N–H and O–H groups in total. The van der Waals surface area contributed by atoms with Crippen LogP contribution in [-0.4, -0.2) is 6.34 Å². The topological polar surface area (TPSA) is 24.4 Å². The zero-order chi connectivity index (χ0) is 19.5. The minimum absolute atomic E-state index is 1.10. The van der Waals surface area contributed by atoms with E-state index in [0.29, 0.717) is 0 Å². The molecule has 3 aromatic carbocycles. The molecule has 0 spiro atoms. The molecule has 3 aromatic rings. The average molecular weight is 377 g/mol. The maximum atomic E-state index is 3.97. The van der Waals surface area contributed by atoms with Crippen molar-refractivity contribution in [3.05, 3.63) is 104 Å². The van der Waals surface area contributed by atoms with Crippen LogP contribution in [0.1, 0.15) is 29.5 Å². The van der Waals surface area contributed by atoms with E-state index in [1.165, 1.54) is 45.7 Å². The maximum Gasteiger partial charge on any atom is 0.0923 e. The first-order valence-electron chi connectivity index (χ1n) is 10.3. The van der Waals surface area contributed by atoms with Gasteiger partial charge in [0.25, 0.3) is 0 Å². The quantitative estimate of drug-likeness (QED) is 0.612. The molecule has 0 unspecified atom stereocenters. The zero-order valence-corrected chi connectivity index (χ0v) is 16.4. The summed E-state index contributed by atoms with van der Waals surface area (Å²) in [7, 11) is 0. The van der Waals surface area contributed by atoms with Gasteiger partial charge in [-0.25, -0.2) is 4.99 Å². The summed E-state index contributed by atoms with van der Waals surface area (Å²) >= 11 is 0. The van der Waals surface area contributed by atoms with Crippen molar-refractivity contribution in [1.82, 2.24) is 0 Å². The minimum Gasteiger partial charge on any atom is -0.346 e. The summed E-state index contributed by atoms with van der Waals surface area (Å²) in [6, 6.07) is 21.5. The Balaban J connectivity index is 0.000000142. The van der Waals surface area contributed by atoms with Crippen LogP contribution in [0.4, 0.5) is 5.69 Å². The Morgan fingerprint density at radius 3 is 2.66 bits per heavy atom. The van der Waals surface area contributed by atoms with E-state index in [4.69, 9.17) is 0 Å². The van der Waals surface area contributed by atoms with Crippen molar-refractivity contribution in [1.29, 1.82) is 0 Å². The van der Waals surface area contributed by atoms with Gasteiger partial charge in [0.2, 0.25) is 0 Å². The molecule has 2 aliphatic carbocycles. The highest BCUT2D eigenvalue weighted by molar-refractivity contribution is 5.83. The fraction of sp³-hybridized carbons (Fsp3) is 0.148. The number of para-hydroxylation sites is 1. The summed E-state index contributed by atoms with van der Waals surface area (Å²) in [5.74, 6) is 0. The van der Waals surface area contributed by atoms with Gasteiger partial charge in [-0.3, -0.25) is 0 Å². The van der Waals surface area contributed by atoms with Gasteiger partial charge in [-0.15, -0.1) is 0 Å². The standard InChI is InChI=1S/C18H16.C9H8N2/c1-3-7-15-13(5-1)9-11-18-16-8-4-2-6-14(16)10-12-17(15)18;1-2-4-9-8(3-1)5-6-10-7-11-9/h1,3,5-7,9-10,12H,2,4,8,11H2;1-7H,(H,10,11). The van der Waals surface area contributed by atoms with Crippen molar-refractivity contribution in [3.8, 4) is 0 Å². The van der Waals surface area contributed by atoms with Gasteiger partial charge in [0, 0.05) is 11.9 Å². The molecule has 142 valence electrons. The fourth-order valence-corrected chi connectivity index (χ4v) is 4.40. The third-order valence-electron chi connectivity index (χ3n) is 5.84. The van der Waals surface area contributed by atoms with Crippen molar-refractivity contribution in [2.24, 2.45) is 4.99 Å². The third kappa shape index (κ3) is 3.54. The molecule has 0 radical (unpaired) electrons. The lowest BCUT2D eigenvalue weighted by Crippen LogP contribution is -2.19. The van der Waals surface area contributed by atoms with Crippen LogP contribution in [-0.2, 0) is 12.8 Å². The van der Waals surface area contributed by atoms with E-state index in [1.807, 2.05) is 30.3 Å². The molecule has 0 amide bonds. The predicted octanol–water partition coefficient (Wildman–Crippen LogP) is 4.54. The van der Waals surface area contributed by atoms with Gasteiger partial charge in [0.05, 0.1) is 6.34 Å². The number of aliphatic imine (C=N–C) groups is 1. The molecule has 0 fully saturated rings. The second-order valence-corrected chi connectivity index (χ2v) is 7.58. The van der Waals surface area contributed by atoms with Gasteiger partial charge >= 0.3 is 0 Å². The molecule has 3 aliphatic rings. The van der Waals surface area contributed by atoms with E-state index < -0.39 is 0 Å². The van der Waals surface area contributed by atoms with Crippen LogP contribution in [0.25, 0.3) is 18.2 Å². The van der Waals surface area contributed by atoms with Crippen LogP contribution in [0.2, 0.25) is 0 Å². The Hall–Kier alpha value is -3.39. The number of benzene rings is 3. The van der Waals surface area contributed by atoms with E-state index in [-0.39, 0.29) is 0 Å². The highest BCUT2D eigenvalue weighted by atomic mass is 14.9. The van der Waals surface area contributed by atoms with Crippen molar-refractivity contribution in [2.75, 3.05) is 5.32 Å². The van der Waals surface area contributed by atoms with E-state index in [2.05, 4.69) is 58.9 Å². The molecule has 0 bridgehead atoms. The fourth-order valence-electron chi connectivity index (χ4n) is 4.40. The number of nitrogens with zero attached hydrogens (tertiary/aromatic N) is 1. The largest absolute Gasteiger partial charge is 0.346 e. The number of fused-ring (bicyclic) bond motifs is 5. The smallest absolute Gasteiger partial charge is 0.0923 e. The van der Waals surface area contributed by atoms with Crippen LogP contribution in [0.15, 0.2) is 71.9 Å². The molecular weight excluding hydrogens is 352 g/mol. The molecule has 6 rings (SSSR count). The first kappa shape index (κ1) is 17.7. The van der Waals surface area contributed by atoms with Crippen LogP contribution < -0.4 is 15.8 Å². The number of anilines is 1. The van der Waals surface area contributed by atoms with Gasteiger partial charge in [-0.05, 0) is 75.4 Å². The molecule has 0 atom stereocenters. The summed E-state index contributed by atoms with van der Waals surface area (Å²) in [5, 5.41) is 8.81. The summed E-state index contributed by atoms with van der Waals surface area (Å²) in [6.07, 6.45) is 15.1. The number of hydrogen-bond donors (Lipinski definition) is 1. The molecule has 29 heavy (non-hydrogen) atoms. The number of hydrogen-bond acceptors (Lipinski definition) is 2. The molecule has 2 heteroatoms. The molecule has 1 aliphatic heterocycles. The average Bonchev–Trinajstić information content (AvgIpc) is 3.05. The summed E-state index contributed by atoms with van der Waals surface area (Å²) < 4.78 is 0. The molecule has 2 nitrogen and oxygen atoms in total. The third-order valence-corrected chi connectivity index (χ3v) is 5.84. The highest BCUT2D eigenvalue weighted by Crippen LogP contribution is 2.18. The van der Waals surface area contributed by atoms with Gasteiger partial charge in [-0.2, -0.15) is 0 Å². The first-order chi connectivity index (χ1) is 14.4. The van der Waals surface area contributed by atoms with Crippen LogP contribution in [0.5, 0.6) is 0 Å². The zero-order valence-electron chi connectivity index (χ0n) is 16.4. The van der Waals surface area contributed by atoms with Gasteiger partial charge in [0.1, 0.15) is 0 Å².